The highest BCUT2D eigenvalue weighted by atomic mass is 32.2. The molecule has 0 aromatic heterocycles. The summed E-state index contributed by atoms with van der Waals surface area (Å²) in [6, 6.07) is 16.3. The molecule has 2 aromatic carbocycles. The predicted molar refractivity (Wildman–Crippen MR) is 96.7 cm³/mol. The number of benzene rings is 2. The Labute approximate surface area is 144 Å². The van der Waals surface area contributed by atoms with Gasteiger partial charge >= 0.3 is 0 Å². The zero-order chi connectivity index (χ0) is 17.4. The van der Waals surface area contributed by atoms with Gasteiger partial charge in [-0.1, -0.05) is 53.7 Å². The van der Waals surface area contributed by atoms with Gasteiger partial charge in [0.25, 0.3) is 0 Å². The molecule has 0 spiro atoms. The standard InChI is InChI=1S/C20H19NO2S/c1-3-16-21(17-8-7-11-19-9-5-4-6-10-19)24(22,23)20-14-12-18(2)13-15-20/h1,4-6,9-10,12-15H,8,16-17H2,2H3. The van der Waals surface area contributed by atoms with Gasteiger partial charge < -0.3 is 0 Å². The fourth-order valence-electron chi connectivity index (χ4n) is 2.11. The van der Waals surface area contributed by atoms with Gasteiger partial charge in [0.15, 0.2) is 0 Å². The van der Waals surface area contributed by atoms with E-state index in [1.165, 1.54) is 4.31 Å². The molecule has 0 bridgehead atoms. The van der Waals surface area contributed by atoms with Crippen LogP contribution < -0.4 is 0 Å². The summed E-state index contributed by atoms with van der Waals surface area (Å²) in [7, 11) is -3.60. The fraction of sp³-hybridized carbons (Fsp3) is 0.200. The normalized spacial score (nSPS) is 10.7. The lowest BCUT2D eigenvalue weighted by Gasteiger charge is -2.18. The van der Waals surface area contributed by atoms with Gasteiger partial charge in [-0.15, -0.1) is 6.42 Å². The minimum Gasteiger partial charge on any atom is -0.207 e. The molecule has 122 valence electrons. The first-order valence-electron chi connectivity index (χ1n) is 7.58. The molecule has 0 aliphatic heterocycles. The van der Waals surface area contributed by atoms with E-state index in [-0.39, 0.29) is 18.0 Å². The zero-order valence-corrected chi connectivity index (χ0v) is 14.4. The third-order valence-electron chi connectivity index (χ3n) is 3.42. The predicted octanol–water partition coefficient (Wildman–Crippen LogP) is 3.06. The van der Waals surface area contributed by atoms with Crippen molar-refractivity contribution < 1.29 is 8.42 Å². The van der Waals surface area contributed by atoms with E-state index in [1.54, 1.807) is 24.3 Å². The van der Waals surface area contributed by atoms with Gasteiger partial charge in [0.1, 0.15) is 0 Å². The monoisotopic (exact) mass is 337 g/mol. The lowest BCUT2D eigenvalue weighted by molar-refractivity contribution is 0.454. The Morgan fingerprint density at radius 2 is 1.71 bits per heavy atom. The van der Waals surface area contributed by atoms with Gasteiger partial charge in [0.05, 0.1) is 11.4 Å². The molecule has 0 saturated carbocycles. The molecule has 0 atom stereocenters. The second-order valence-electron chi connectivity index (χ2n) is 5.27. The molecule has 0 aliphatic carbocycles. The van der Waals surface area contributed by atoms with Crippen molar-refractivity contribution in [2.75, 3.05) is 13.1 Å². The van der Waals surface area contributed by atoms with Crippen molar-refractivity contribution in [2.45, 2.75) is 18.2 Å². The summed E-state index contributed by atoms with van der Waals surface area (Å²) in [5.41, 5.74) is 1.91. The van der Waals surface area contributed by atoms with E-state index in [2.05, 4.69) is 17.8 Å². The Hall–Kier alpha value is -2.53. The van der Waals surface area contributed by atoms with E-state index >= 15 is 0 Å². The molecule has 0 heterocycles. The van der Waals surface area contributed by atoms with E-state index in [4.69, 9.17) is 6.42 Å². The summed E-state index contributed by atoms with van der Waals surface area (Å²) in [6.07, 6.45) is 5.75. The maximum atomic E-state index is 12.7. The molecule has 24 heavy (non-hydrogen) atoms. The van der Waals surface area contributed by atoms with Crippen LogP contribution in [0.1, 0.15) is 17.5 Å². The maximum absolute atomic E-state index is 12.7. The minimum absolute atomic E-state index is 0.0310. The fourth-order valence-corrected chi connectivity index (χ4v) is 3.47. The van der Waals surface area contributed by atoms with Crippen molar-refractivity contribution in [3.63, 3.8) is 0 Å². The van der Waals surface area contributed by atoms with Gasteiger partial charge in [-0.05, 0) is 31.2 Å². The van der Waals surface area contributed by atoms with Crippen LogP contribution in [-0.2, 0) is 10.0 Å². The van der Waals surface area contributed by atoms with Crippen molar-refractivity contribution in [3.05, 3.63) is 65.7 Å². The van der Waals surface area contributed by atoms with Crippen LogP contribution in [0.25, 0.3) is 0 Å². The van der Waals surface area contributed by atoms with Crippen molar-refractivity contribution in [2.24, 2.45) is 0 Å². The highest BCUT2D eigenvalue weighted by molar-refractivity contribution is 7.89. The van der Waals surface area contributed by atoms with Gasteiger partial charge in [-0.3, -0.25) is 0 Å². The summed E-state index contributed by atoms with van der Waals surface area (Å²) in [5, 5.41) is 0. The molecular weight excluding hydrogens is 318 g/mol. The Morgan fingerprint density at radius 3 is 2.33 bits per heavy atom. The quantitative estimate of drug-likeness (QED) is 0.787. The SMILES string of the molecule is C#CCN(CCC#Cc1ccccc1)S(=O)(=O)c1ccc(C)cc1. The molecular formula is C20H19NO2S. The second-order valence-corrected chi connectivity index (χ2v) is 7.21. The van der Waals surface area contributed by atoms with Crippen LogP contribution >= 0.6 is 0 Å². The molecule has 4 heteroatoms. The topological polar surface area (TPSA) is 37.4 Å². The minimum atomic E-state index is -3.60. The van der Waals surface area contributed by atoms with Gasteiger partial charge in [-0.25, -0.2) is 8.42 Å². The average Bonchev–Trinajstić information content (AvgIpc) is 2.59. The molecule has 2 aromatic rings. The summed E-state index contributed by atoms with van der Waals surface area (Å²) in [5.74, 6) is 8.43. The Morgan fingerprint density at radius 1 is 1.04 bits per heavy atom. The van der Waals surface area contributed by atoms with Crippen LogP contribution in [0.4, 0.5) is 0 Å². The molecule has 0 amide bonds. The summed E-state index contributed by atoms with van der Waals surface area (Å²) in [4.78, 5) is 0.249. The van der Waals surface area contributed by atoms with Gasteiger partial charge in [0.2, 0.25) is 10.0 Å². The van der Waals surface area contributed by atoms with Crippen molar-refractivity contribution in [1.82, 2.24) is 4.31 Å². The van der Waals surface area contributed by atoms with Crippen molar-refractivity contribution in [1.29, 1.82) is 0 Å². The van der Waals surface area contributed by atoms with Gasteiger partial charge in [0, 0.05) is 18.5 Å². The largest absolute Gasteiger partial charge is 0.243 e. The number of hydrogen-bond donors (Lipinski definition) is 0. The third kappa shape index (κ3) is 4.73. The van der Waals surface area contributed by atoms with Crippen molar-refractivity contribution in [3.8, 4) is 24.2 Å². The van der Waals surface area contributed by atoms with E-state index < -0.39 is 10.0 Å². The number of nitrogens with zero attached hydrogens (tertiary/aromatic N) is 1. The lowest BCUT2D eigenvalue weighted by Crippen LogP contribution is -2.32. The van der Waals surface area contributed by atoms with Crippen LogP contribution in [0, 0.1) is 31.1 Å². The molecule has 0 fully saturated rings. The van der Waals surface area contributed by atoms with E-state index in [0.717, 1.165) is 11.1 Å². The van der Waals surface area contributed by atoms with E-state index in [1.807, 2.05) is 37.3 Å². The second kappa shape index (κ2) is 8.36. The molecule has 0 radical (unpaired) electrons. The maximum Gasteiger partial charge on any atom is 0.243 e. The van der Waals surface area contributed by atoms with Crippen LogP contribution in [0.15, 0.2) is 59.5 Å². The first-order valence-corrected chi connectivity index (χ1v) is 9.02. The van der Waals surface area contributed by atoms with E-state index in [0.29, 0.717) is 6.42 Å². The molecule has 2 rings (SSSR count). The molecule has 0 aliphatic rings. The van der Waals surface area contributed by atoms with Crippen LogP contribution in [0.3, 0.4) is 0 Å². The van der Waals surface area contributed by atoms with Crippen LogP contribution in [0.5, 0.6) is 0 Å². The number of aryl methyl sites for hydroxylation is 1. The number of terminal acetylenes is 1. The molecule has 0 unspecified atom stereocenters. The average molecular weight is 337 g/mol. The smallest absolute Gasteiger partial charge is 0.207 e. The number of sulfonamides is 1. The highest BCUT2D eigenvalue weighted by Gasteiger charge is 2.22. The lowest BCUT2D eigenvalue weighted by atomic mass is 10.2. The van der Waals surface area contributed by atoms with Crippen LogP contribution in [-0.4, -0.2) is 25.8 Å². The summed E-state index contributed by atoms with van der Waals surface area (Å²) in [6.45, 7) is 2.21. The zero-order valence-electron chi connectivity index (χ0n) is 13.6. The molecule has 0 N–H and O–H groups in total. The van der Waals surface area contributed by atoms with Gasteiger partial charge in [-0.2, -0.15) is 4.31 Å². The Kier molecular flexibility index (Phi) is 6.21. The number of rotatable bonds is 5. The highest BCUT2D eigenvalue weighted by Crippen LogP contribution is 2.16. The summed E-state index contributed by atoms with van der Waals surface area (Å²) >= 11 is 0. The number of hydrogen-bond acceptors (Lipinski definition) is 2. The molecule has 3 nitrogen and oxygen atoms in total. The van der Waals surface area contributed by atoms with Crippen LogP contribution in [0.2, 0.25) is 0 Å². The van der Waals surface area contributed by atoms with E-state index in [9.17, 15) is 8.42 Å². The Balaban J connectivity index is 2.10. The molecule has 0 saturated heterocycles. The van der Waals surface area contributed by atoms with Crippen molar-refractivity contribution >= 4 is 10.0 Å². The first-order chi connectivity index (χ1) is 11.5. The summed E-state index contributed by atoms with van der Waals surface area (Å²) < 4.78 is 26.6. The first kappa shape index (κ1) is 17.8. The Bertz CT molecular complexity index is 867. The third-order valence-corrected chi connectivity index (χ3v) is 5.28.